The SMILES string of the molecule is CC(C)(C)c1ccc2cc(-c3ccnc(-c4cc5ccoc5c5nc(C(C)(C)C)ccc45)c3)ccc2c1. The van der Waals surface area contributed by atoms with E-state index in [-0.39, 0.29) is 10.8 Å². The molecule has 37 heavy (non-hydrogen) atoms. The zero-order valence-electron chi connectivity index (χ0n) is 22.4. The third kappa shape index (κ3) is 4.19. The van der Waals surface area contributed by atoms with Crippen molar-refractivity contribution < 1.29 is 4.42 Å². The molecule has 3 nitrogen and oxygen atoms in total. The van der Waals surface area contributed by atoms with Crippen molar-refractivity contribution in [2.24, 2.45) is 0 Å². The van der Waals surface area contributed by atoms with Crippen molar-refractivity contribution in [3.8, 4) is 22.4 Å². The van der Waals surface area contributed by atoms with Crippen LogP contribution >= 0.6 is 0 Å². The molecule has 0 radical (unpaired) electrons. The Bertz CT molecular complexity index is 1800. The second-order valence-electron chi connectivity index (χ2n) is 12.1. The molecule has 0 fully saturated rings. The van der Waals surface area contributed by atoms with E-state index in [0.717, 1.165) is 44.4 Å². The molecule has 0 amide bonds. The predicted molar refractivity (Wildman–Crippen MR) is 155 cm³/mol. The van der Waals surface area contributed by atoms with Crippen LogP contribution in [-0.4, -0.2) is 9.97 Å². The quantitative estimate of drug-likeness (QED) is 0.246. The zero-order chi connectivity index (χ0) is 25.9. The van der Waals surface area contributed by atoms with E-state index in [9.17, 15) is 0 Å². The predicted octanol–water partition coefficient (Wildman–Crippen LogP) is 9.46. The van der Waals surface area contributed by atoms with Crippen molar-refractivity contribution in [2.45, 2.75) is 52.4 Å². The minimum absolute atomic E-state index is 0.0506. The van der Waals surface area contributed by atoms with E-state index in [1.54, 1.807) is 6.26 Å². The molecule has 0 unspecified atom stereocenters. The fraction of sp³-hybridized carbons (Fsp3) is 0.235. The van der Waals surface area contributed by atoms with Crippen LogP contribution in [0.1, 0.15) is 52.8 Å². The molecule has 0 N–H and O–H groups in total. The molecule has 0 aliphatic rings. The maximum Gasteiger partial charge on any atom is 0.160 e. The molecule has 3 heterocycles. The lowest BCUT2D eigenvalue weighted by atomic mass is 9.85. The Labute approximate surface area is 218 Å². The van der Waals surface area contributed by atoms with Gasteiger partial charge in [-0.25, -0.2) is 4.98 Å². The lowest BCUT2D eigenvalue weighted by Gasteiger charge is -2.19. The lowest BCUT2D eigenvalue weighted by molar-refractivity contribution is 0.570. The molecule has 3 aromatic carbocycles. The highest BCUT2D eigenvalue weighted by Crippen LogP contribution is 2.37. The molecule has 184 valence electrons. The highest BCUT2D eigenvalue weighted by Gasteiger charge is 2.20. The summed E-state index contributed by atoms with van der Waals surface area (Å²) in [5, 5.41) is 4.59. The minimum Gasteiger partial charge on any atom is -0.462 e. The molecular weight excluding hydrogens is 452 g/mol. The second kappa shape index (κ2) is 8.27. The van der Waals surface area contributed by atoms with Crippen LogP contribution in [0.25, 0.3) is 55.0 Å². The maximum atomic E-state index is 5.87. The van der Waals surface area contributed by atoms with Crippen molar-refractivity contribution in [3.63, 3.8) is 0 Å². The van der Waals surface area contributed by atoms with Gasteiger partial charge in [-0.2, -0.15) is 0 Å². The van der Waals surface area contributed by atoms with E-state index in [1.165, 1.54) is 21.9 Å². The van der Waals surface area contributed by atoms with E-state index < -0.39 is 0 Å². The van der Waals surface area contributed by atoms with Gasteiger partial charge in [0.2, 0.25) is 0 Å². The summed E-state index contributed by atoms with van der Waals surface area (Å²) in [7, 11) is 0. The van der Waals surface area contributed by atoms with Gasteiger partial charge in [0, 0.05) is 33.6 Å². The number of hydrogen-bond acceptors (Lipinski definition) is 3. The third-order valence-corrected chi connectivity index (χ3v) is 7.24. The Hall–Kier alpha value is -3.98. The summed E-state index contributed by atoms with van der Waals surface area (Å²) >= 11 is 0. The lowest BCUT2D eigenvalue weighted by Crippen LogP contribution is -2.13. The number of furan rings is 1. The number of nitrogens with zero attached hydrogens (tertiary/aromatic N) is 2. The van der Waals surface area contributed by atoms with Crippen molar-refractivity contribution >= 4 is 32.6 Å². The van der Waals surface area contributed by atoms with Gasteiger partial charge in [0.05, 0.1) is 12.0 Å². The Balaban J connectivity index is 1.48. The summed E-state index contributed by atoms with van der Waals surface area (Å²) < 4.78 is 5.87. The number of aromatic nitrogens is 2. The topological polar surface area (TPSA) is 38.9 Å². The second-order valence-corrected chi connectivity index (χ2v) is 12.1. The van der Waals surface area contributed by atoms with Crippen molar-refractivity contribution in [1.82, 2.24) is 9.97 Å². The fourth-order valence-electron chi connectivity index (χ4n) is 4.99. The first-order valence-electron chi connectivity index (χ1n) is 12.9. The molecule has 0 saturated carbocycles. The molecule has 3 aromatic heterocycles. The van der Waals surface area contributed by atoms with E-state index >= 15 is 0 Å². The minimum atomic E-state index is -0.0506. The first kappa shape index (κ1) is 23.4. The average molecular weight is 485 g/mol. The molecule has 0 spiro atoms. The number of pyridine rings is 2. The van der Waals surface area contributed by atoms with Crippen LogP contribution in [0.3, 0.4) is 0 Å². The molecule has 6 rings (SSSR count). The first-order valence-corrected chi connectivity index (χ1v) is 12.9. The number of benzene rings is 3. The molecular formula is C34H32N2O. The zero-order valence-corrected chi connectivity index (χ0v) is 22.4. The van der Waals surface area contributed by atoms with E-state index in [2.05, 4.69) is 108 Å². The molecule has 0 saturated heterocycles. The maximum absolute atomic E-state index is 5.87. The fourth-order valence-corrected chi connectivity index (χ4v) is 4.99. The van der Waals surface area contributed by atoms with Gasteiger partial charge >= 0.3 is 0 Å². The molecule has 6 aromatic rings. The van der Waals surface area contributed by atoms with Gasteiger partial charge in [-0.3, -0.25) is 4.98 Å². The Morgan fingerprint density at radius 1 is 0.649 bits per heavy atom. The molecule has 0 bridgehead atoms. The summed E-state index contributed by atoms with van der Waals surface area (Å²) in [6.07, 6.45) is 3.64. The summed E-state index contributed by atoms with van der Waals surface area (Å²) in [6, 6.07) is 26.2. The van der Waals surface area contributed by atoms with Gasteiger partial charge in [0.1, 0.15) is 5.52 Å². The molecule has 3 heteroatoms. The van der Waals surface area contributed by atoms with Gasteiger partial charge in [0.15, 0.2) is 5.58 Å². The van der Waals surface area contributed by atoms with Gasteiger partial charge in [-0.05, 0) is 69.3 Å². The Morgan fingerprint density at radius 2 is 1.41 bits per heavy atom. The summed E-state index contributed by atoms with van der Waals surface area (Å²) in [5.74, 6) is 0. The van der Waals surface area contributed by atoms with Crippen LogP contribution in [-0.2, 0) is 10.8 Å². The van der Waals surface area contributed by atoms with Crippen LogP contribution in [0, 0.1) is 0 Å². The summed E-state index contributed by atoms with van der Waals surface area (Å²) in [5.41, 5.74) is 8.51. The van der Waals surface area contributed by atoms with Crippen molar-refractivity contribution in [3.05, 3.63) is 96.5 Å². The summed E-state index contributed by atoms with van der Waals surface area (Å²) in [4.78, 5) is 9.84. The van der Waals surface area contributed by atoms with Crippen molar-refractivity contribution in [2.75, 3.05) is 0 Å². The number of fused-ring (bicyclic) bond motifs is 4. The molecule has 0 aliphatic heterocycles. The van der Waals surface area contributed by atoms with Crippen molar-refractivity contribution in [1.29, 1.82) is 0 Å². The highest BCUT2D eigenvalue weighted by molar-refractivity contribution is 6.09. The van der Waals surface area contributed by atoms with Crippen LogP contribution < -0.4 is 0 Å². The Kier molecular flexibility index (Phi) is 5.24. The van der Waals surface area contributed by atoms with Gasteiger partial charge < -0.3 is 4.42 Å². The smallest absolute Gasteiger partial charge is 0.160 e. The van der Waals surface area contributed by atoms with Crippen LogP contribution in [0.15, 0.2) is 89.7 Å². The average Bonchev–Trinajstić information content (AvgIpc) is 3.35. The highest BCUT2D eigenvalue weighted by atomic mass is 16.3. The van der Waals surface area contributed by atoms with Gasteiger partial charge in [0.25, 0.3) is 0 Å². The molecule has 0 atom stereocenters. The van der Waals surface area contributed by atoms with Crippen LogP contribution in [0.5, 0.6) is 0 Å². The summed E-state index contributed by atoms with van der Waals surface area (Å²) in [6.45, 7) is 13.3. The van der Waals surface area contributed by atoms with Crippen LogP contribution in [0.4, 0.5) is 0 Å². The standard InChI is InChI=1S/C34H32N2O/c1-33(2,3)26-10-9-22-17-21(7-8-23(22)18-26)24-13-15-35-29(20-24)28-19-25-14-16-37-32(25)31-27(28)11-12-30(36-31)34(4,5)6/h7-20H,1-6H3. The van der Waals surface area contributed by atoms with Gasteiger partial charge in [-0.1, -0.05) is 77.9 Å². The first-order chi connectivity index (χ1) is 17.6. The third-order valence-electron chi connectivity index (χ3n) is 7.24. The normalized spacial score (nSPS) is 12.6. The van der Waals surface area contributed by atoms with E-state index in [4.69, 9.17) is 14.4 Å². The molecule has 0 aliphatic carbocycles. The number of rotatable bonds is 2. The largest absolute Gasteiger partial charge is 0.462 e. The number of hydrogen-bond donors (Lipinski definition) is 0. The van der Waals surface area contributed by atoms with E-state index in [0.29, 0.717) is 0 Å². The monoisotopic (exact) mass is 484 g/mol. The van der Waals surface area contributed by atoms with Crippen LogP contribution in [0.2, 0.25) is 0 Å². The van der Waals surface area contributed by atoms with Gasteiger partial charge in [-0.15, -0.1) is 0 Å². The Morgan fingerprint density at radius 3 is 2.19 bits per heavy atom. The van der Waals surface area contributed by atoms with E-state index in [1.807, 2.05) is 12.3 Å².